The standard InChI is InChI=1S/C14H24N4O3/c1-3-5-11(2)16-12(19)10-17-9-6-13(20)18(14(17)21)8-4-7-15/h6,9,11H,3-5,7-8,10,15H2,1-2H3,(H,16,19). The van der Waals surface area contributed by atoms with Crippen molar-refractivity contribution in [3.8, 4) is 0 Å². The van der Waals surface area contributed by atoms with Crippen molar-refractivity contribution < 1.29 is 4.79 Å². The van der Waals surface area contributed by atoms with E-state index in [1.165, 1.54) is 16.8 Å². The fraction of sp³-hybridized carbons (Fsp3) is 0.643. The van der Waals surface area contributed by atoms with Crippen molar-refractivity contribution >= 4 is 5.91 Å². The first-order valence-corrected chi connectivity index (χ1v) is 7.29. The Hall–Kier alpha value is -1.89. The molecule has 1 heterocycles. The van der Waals surface area contributed by atoms with Crippen LogP contribution in [0.25, 0.3) is 0 Å². The van der Waals surface area contributed by atoms with Gasteiger partial charge in [-0.2, -0.15) is 0 Å². The molecule has 1 atom stereocenters. The monoisotopic (exact) mass is 296 g/mol. The van der Waals surface area contributed by atoms with Gasteiger partial charge < -0.3 is 11.1 Å². The summed E-state index contributed by atoms with van der Waals surface area (Å²) in [5.41, 5.74) is 4.54. The van der Waals surface area contributed by atoms with Crippen molar-refractivity contribution in [2.24, 2.45) is 5.73 Å². The maximum Gasteiger partial charge on any atom is 0.331 e. The summed E-state index contributed by atoms with van der Waals surface area (Å²) in [6, 6.07) is 1.36. The maximum atomic E-state index is 12.1. The zero-order valence-electron chi connectivity index (χ0n) is 12.7. The second kappa shape index (κ2) is 8.41. The third kappa shape index (κ3) is 5.18. The average molecular weight is 296 g/mol. The lowest BCUT2D eigenvalue weighted by molar-refractivity contribution is -0.122. The highest BCUT2D eigenvalue weighted by Crippen LogP contribution is 1.94. The highest BCUT2D eigenvalue weighted by molar-refractivity contribution is 5.75. The molecule has 0 saturated heterocycles. The van der Waals surface area contributed by atoms with Gasteiger partial charge in [0.25, 0.3) is 5.56 Å². The van der Waals surface area contributed by atoms with Crippen LogP contribution in [0.1, 0.15) is 33.1 Å². The van der Waals surface area contributed by atoms with Crippen LogP contribution < -0.4 is 22.3 Å². The number of aromatic nitrogens is 2. The molecule has 0 fully saturated rings. The average Bonchev–Trinajstić information content (AvgIpc) is 2.42. The van der Waals surface area contributed by atoms with Gasteiger partial charge in [-0.1, -0.05) is 13.3 Å². The number of hydrogen-bond acceptors (Lipinski definition) is 4. The van der Waals surface area contributed by atoms with Crippen LogP contribution in [-0.4, -0.2) is 27.6 Å². The van der Waals surface area contributed by atoms with Crippen molar-refractivity contribution in [1.29, 1.82) is 0 Å². The first-order chi connectivity index (χ1) is 9.99. The Balaban J connectivity index is 2.82. The third-order valence-electron chi connectivity index (χ3n) is 3.17. The summed E-state index contributed by atoms with van der Waals surface area (Å²) in [5.74, 6) is -0.234. The number of rotatable bonds is 8. The van der Waals surface area contributed by atoms with Gasteiger partial charge in [0, 0.05) is 24.8 Å². The molecule has 1 unspecified atom stereocenters. The van der Waals surface area contributed by atoms with Crippen LogP contribution in [0, 0.1) is 0 Å². The third-order valence-corrected chi connectivity index (χ3v) is 3.17. The molecule has 0 aliphatic carbocycles. The fourth-order valence-electron chi connectivity index (χ4n) is 2.11. The van der Waals surface area contributed by atoms with E-state index in [4.69, 9.17) is 5.73 Å². The zero-order valence-corrected chi connectivity index (χ0v) is 12.7. The lowest BCUT2D eigenvalue weighted by Crippen LogP contribution is -2.43. The summed E-state index contributed by atoms with van der Waals surface area (Å²) in [5, 5.41) is 2.83. The van der Waals surface area contributed by atoms with E-state index in [1.54, 1.807) is 0 Å². The largest absolute Gasteiger partial charge is 0.352 e. The summed E-state index contributed by atoms with van der Waals surface area (Å²) in [4.78, 5) is 35.7. The molecule has 7 nitrogen and oxygen atoms in total. The molecule has 118 valence electrons. The van der Waals surface area contributed by atoms with Gasteiger partial charge in [0.2, 0.25) is 5.91 Å². The van der Waals surface area contributed by atoms with E-state index in [9.17, 15) is 14.4 Å². The molecule has 1 amide bonds. The summed E-state index contributed by atoms with van der Waals surface area (Å²) < 4.78 is 2.35. The van der Waals surface area contributed by atoms with E-state index in [1.807, 2.05) is 13.8 Å². The molecule has 0 radical (unpaired) electrons. The predicted molar refractivity (Wildman–Crippen MR) is 81.1 cm³/mol. The molecule has 0 aliphatic rings. The minimum atomic E-state index is -0.478. The predicted octanol–water partition coefficient (Wildman–Crippen LogP) is -0.336. The van der Waals surface area contributed by atoms with E-state index in [2.05, 4.69) is 5.32 Å². The Kier molecular flexibility index (Phi) is 6.87. The Morgan fingerprint density at radius 3 is 2.76 bits per heavy atom. The highest BCUT2D eigenvalue weighted by Gasteiger charge is 2.10. The molecule has 0 saturated carbocycles. The molecule has 0 aromatic carbocycles. The second-order valence-electron chi connectivity index (χ2n) is 5.12. The van der Waals surface area contributed by atoms with E-state index in [-0.39, 0.29) is 30.6 Å². The molecule has 0 aliphatic heterocycles. The summed E-state index contributed by atoms with van der Waals surface area (Å²) >= 11 is 0. The molecule has 1 rings (SSSR count). The summed E-state index contributed by atoms with van der Waals surface area (Å²) in [6.45, 7) is 4.54. The van der Waals surface area contributed by atoms with Crippen LogP contribution in [0.3, 0.4) is 0 Å². The summed E-state index contributed by atoms with van der Waals surface area (Å²) in [6.07, 6.45) is 3.76. The quantitative estimate of drug-likeness (QED) is 0.685. The van der Waals surface area contributed by atoms with Crippen molar-refractivity contribution in [2.45, 2.75) is 52.2 Å². The normalized spacial score (nSPS) is 12.1. The number of hydrogen-bond donors (Lipinski definition) is 2. The van der Waals surface area contributed by atoms with Crippen molar-refractivity contribution in [1.82, 2.24) is 14.5 Å². The van der Waals surface area contributed by atoms with Crippen LogP contribution >= 0.6 is 0 Å². The van der Waals surface area contributed by atoms with Gasteiger partial charge in [-0.3, -0.25) is 18.7 Å². The Bertz CT molecular complexity index is 576. The number of nitrogens with two attached hydrogens (primary N) is 1. The second-order valence-corrected chi connectivity index (χ2v) is 5.12. The van der Waals surface area contributed by atoms with Crippen LogP contribution in [0.5, 0.6) is 0 Å². The molecular formula is C14H24N4O3. The zero-order chi connectivity index (χ0) is 15.8. The topological polar surface area (TPSA) is 99.1 Å². The van der Waals surface area contributed by atoms with E-state index in [0.29, 0.717) is 13.0 Å². The Labute approximate surface area is 123 Å². The van der Waals surface area contributed by atoms with Crippen molar-refractivity contribution in [3.05, 3.63) is 33.1 Å². The smallest absolute Gasteiger partial charge is 0.331 e. The van der Waals surface area contributed by atoms with Crippen LogP contribution in [0.2, 0.25) is 0 Å². The van der Waals surface area contributed by atoms with Crippen LogP contribution in [0.4, 0.5) is 0 Å². The number of carbonyl (C=O) groups is 1. The number of amides is 1. The Morgan fingerprint density at radius 1 is 1.43 bits per heavy atom. The lowest BCUT2D eigenvalue weighted by atomic mass is 10.2. The van der Waals surface area contributed by atoms with Gasteiger partial charge in [0.05, 0.1) is 0 Å². The fourth-order valence-corrected chi connectivity index (χ4v) is 2.11. The number of nitrogens with one attached hydrogen (secondary N) is 1. The molecule has 0 bridgehead atoms. The minimum Gasteiger partial charge on any atom is -0.352 e. The number of carbonyl (C=O) groups excluding carboxylic acids is 1. The molecule has 0 spiro atoms. The van der Waals surface area contributed by atoms with E-state index >= 15 is 0 Å². The lowest BCUT2D eigenvalue weighted by Gasteiger charge is -2.14. The minimum absolute atomic E-state index is 0.0707. The molecule has 7 heteroatoms. The van der Waals surface area contributed by atoms with Gasteiger partial charge in [-0.25, -0.2) is 4.79 Å². The molecule has 1 aromatic heterocycles. The van der Waals surface area contributed by atoms with Gasteiger partial charge in [0.1, 0.15) is 6.54 Å². The van der Waals surface area contributed by atoms with Crippen LogP contribution in [0.15, 0.2) is 21.9 Å². The highest BCUT2D eigenvalue weighted by atomic mass is 16.2. The molecule has 3 N–H and O–H groups in total. The molecular weight excluding hydrogens is 272 g/mol. The van der Waals surface area contributed by atoms with Crippen LogP contribution in [-0.2, 0) is 17.9 Å². The molecule has 1 aromatic rings. The van der Waals surface area contributed by atoms with E-state index in [0.717, 1.165) is 17.4 Å². The van der Waals surface area contributed by atoms with Gasteiger partial charge in [-0.15, -0.1) is 0 Å². The first kappa shape index (κ1) is 17.2. The van der Waals surface area contributed by atoms with Gasteiger partial charge >= 0.3 is 5.69 Å². The molecule has 21 heavy (non-hydrogen) atoms. The van der Waals surface area contributed by atoms with Crippen molar-refractivity contribution in [2.75, 3.05) is 6.54 Å². The van der Waals surface area contributed by atoms with Crippen molar-refractivity contribution in [3.63, 3.8) is 0 Å². The number of nitrogens with zero attached hydrogens (tertiary/aromatic N) is 2. The van der Waals surface area contributed by atoms with Gasteiger partial charge in [0.15, 0.2) is 0 Å². The Morgan fingerprint density at radius 2 is 2.14 bits per heavy atom. The van der Waals surface area contributed by atoms with Gasteiger partial charge in [-0.05, 0) is 26.3 Å². The maximum absolute atomic E-state index is 12.1. The van der Waals surface area contributed by atoms with E-state index < -0.39 is 5.69 Å². The first-order valence-electron chi connectivity index (χ1n) is 7.29. The SMILES string of the molecule is CCCC(C)NC(=O)Cn1ccc(=O)n(CCCN)c1=O. The summed E-state index contributed by atoms with van der Waals surface area (Å²) in [7, 11) is 0.